The van der Waals surface area contributed by atoms with E-state index in [0.29, 0.717) is 5.56 Å². The van der Waals surface area contributed by atoms with Gasteiger partial charge in [-0.2, -0.15) is 0 Å². The van der Waals surface area contributed by atoms with Crippen LogP contribution in [0, 0.1) is 0 Å². The SMILES string of the molecule is NC(=O)C=Cc1cccc(C(=O)O)c1. The lowest BCUT2D eigenvalue weighted by atomic mass is 10.1. The Kier molecular flexibility index (Phi) is 3.01. The maximum Gasteiger partial charge on any atom is 0.335 e. The molecule has 0 saturated carbocycles. The Balaban J connectivity index is 2.94. The van der Waals surface area contributed by atoms with Crippen molar-refractivity contribution in [3.8, 4) is 0 Å². The monoisotopic (exact) mass is 191 g/mol. The number of amides is 1. The predicted octanol–water partition coefficient (Wildman–Crippen LogP) is 0.883. The molecule has 3 N–H and O–H groups in total. The van der Waals surface area contributed by atoms with Crippen molar-refractivity contribution < 1.29 is 14.7 Å². The minimum Gasteiger partial charge on any atom is -0.478 e. The van der Waals surface area contributed by atoms with E-state index >= 15 is 0 Å². The van der Waals surface area contributed by atoms with Crippen LogP contribution in [0.5, 0.6) is 0 Å². The predicted molar refractivity (Wildman–Crippen MR) is 51.6 cm³/mol. The zero-order valence-electron chi connectivity index (χ0n) is 7.31. The Hall–Kier alpha value is -2.10. The lowest BCUT2D eigenvalue weighted by Crippen LogP contribution is -2.05. The first kappa shape index (κ1) is 9.98. The number of carboxylic acid groups (broad SMARTS) is 1. The molecule has 4 nitrogen and oxygen atoms in total. The van der Waals surface area contributed by atoms with Crippen molar-refractivity contribution >= 4 is 18.0 Å². The minimum atomic E-state index is -1.00. The second-order valence-electron chi connectivity index (χ2n) is 2.67. The van der Waals surface area contributed by atoms with Crippen LogP contribution in [0.15, 0.2) is 30.3 Å². The summed E-state index contributed by atoms with van der Waals surface area (Å²) >= 11 is 0. The summed E-state index contributed by atoms with van der Waals surface area (Å²) in [6.45, 7) is 0. The van der Waals surface area contributed by atoms with Gasteiger partial charge in [-0.3, -0.25) is 4.79 Å². The third-order valence-corrected chi connectivity index (χ3v) is 1.57. The molecule has 1 rings (SSSR count). The Morgan fingerprint density at radius 1 is 1.36 bits per heavy atom. The molecule has 14 heavy (non-hydrogen) atoms. The van der Waals surface area contributed by atoms with Gasteiger partial charge in [-0.15, -0.1) is 0 Å². The van der Waals surface area contributed by atoms with Crippen molar-refractivity contribution in [1.82, 2.24) is 0 Å². The molecule has 72 valence electrons. The maximum absolute atomic E-state index is 10.6. The maximum atomic E-state index is 10.6. The number of benzene rings is 1. The summed E-state index contributed by atoms with van der Waals surface area (Å²) in [4.78, 5) is 21.0. The number of hydrogen-bond acceptors (Lipinski definition) is 2. The van der Waals surface area contributed by atoms with Crippen LogP contribution in [0.2, 0.25) is 0 Å². The summed E-state index contributed by atoms with van der Waals surface area (Å²) in [6.07, 6.45) is 2.65. The van der Waals surface area contributed by atoms with Gasteiger partial charge in [-0.25, -0.2) is 4.79 Å². The zero-order chi connectivity index (χ0) is 10.6. The molecule has 0 radical (unpaired) electrons. The fourth-order valence-corrected chi connectivity index (χ4v) is 0.954. The van der Waals surface area contributed by atoms with Crippen LogP contribution in [0.3, 0.4) is 0 Å². The van der Waals surface area contributed by atoms with Crippen LogP contribution in [0.4, 0.5) is 0 Å². The van der Waals surface area contributed by atoms with Crippen LogP contribution in [-0.4, -0.2) is 17.0 Å². The molecule has 0 atom stereocenters. The van der Waals surface area contributed by atoms with Crippen molar-refractivity contribution in [1.29, 1.82) is 0 Å². The third-order valence-electron chi connectivity index (χ3n) is 1.57. The summed E-state index contributed by atoms with van der Waals surface area (Å²) in [5.74, 6) is -1.56. The average Bonchev–Trinajstić information content (AvgIpc) is 2.15. The van der Waals surface area contributed by atoms with Gasteiger partial charge in [-0.05, 0) is 23.8 Å². The van der Waals surface area contributed by atoms with E-state index in [1.807, 2.05) is 0 Å². The fraction of sp³-hybridized carbons (Fsp3) is 0. The Morgan fingerprint density at radius 2 is 2.07 bits per heavy atom. The lowest BCUT2D eigenvalue weighted by Gasteiger charge is -1.95. The number of nitrogens with two attached hydrogens (primary N) is 1. The molecule has 0 aliphatic rings. The molecule has 1 aromatic carbocycles. The Bertz CT molecular complexity index is 396. The molecule has 0 bridgehead atoms. The first-order valence-electron chi connectivity index (χ1n) is 3.90. The summed E-state index contributed by atoms with van der Waals surface area (Å²) in [7, 11) is 0. The van der Waals surface area contributed by atoms with E-state index in [4.69, 9.17) is 10.8 Å². The highest BCUT2D eigenvalue weighted by Crippen LogP contribution is 2.06. The summed E-state index contributed by atoms with van der Waals surface area (Å²) in [6, 6.07) is 6.22. The van der Waals surface area contributed by atoms with Gasteiger partial charge in [0.25, 0.3) is 0 Å². The molecule has 0 spiro atoms. The van der Waals surface area contributed by atoms with Crippen molar-refractivity contribution in [3.63, 3.8) is 0 Å². The first-order chi connectivity index (χ1) is 6.59. The summed E-state index contributed by atoms with van der Waals surface area (Å²) < 4.78 is 0. The zero-order valence-corrected chi connectivity index (χ0v) is 7.31. The number of aromatic carboxylic acids is 1. The summed E-state index contributed by atoms with van der Waals surface area (Å²) in [5.41, 5.74) is 5.70. The number of primary amides is 1. The Labute approximate surface area is 80.7 Å². The minimum absolute atomic E-state index is 0.177. The molecule has 0 unspecified atom stereocenters. The van der Waals surface area contributed by atoms with Crippen molar-refractivity contribution in [2.45, 2.75) is 0 Å². The Morgan fingerprint density at radius 3 is 2.64 bits per heavy atom. The van der Waals surface area contributed by atoms with E-state index in [2.05, 4.69) is 0 Å². The molecular formula is C10H9NO3. The van der Waals surface area contributed by atoms with Gasteiger partial charge in [0.1, 0.15) is 0 Å². The van der Waals surface area contributed by atoms with Crippen molar-refractivity contribution in [2.75, 3.05) is 0 Å². The van der Waals surface area contributed by atoms with Crippen LogP contribution >= 0.6 is 0 Å². The van der Waals surface area contributed by atoms with E-state index in [-0.39, 0.29) is 5.56 Å². The second-order valence-corrected chi connectivity index (χ2v) is 2.67. The lowest BCUT2D eigenvalue weighted by molar-refractivity contribution is -0.113. The van der Waals surface area contributed by atoms with Gasteiger partial charge in [0.15, 0.2) is 0 Å². The van der Waals surface area contributed by atoms with Gasteiger partial charge >= 0.3 is 5.97 Å². The molecule has 1 aromatic rings. The number of hydrogen-bond donors (Lipinski definition) is 2. The molecule has 4 heteroatoms. The molecule has 0 fully saturated rings. The van der Waals surface area contributed by atoms with Crippen LogP contribution in [-0.2, 0) is 4.79 Å². The fourth-order valence-electron chi connectivity index (χ4n) is 0.954. The van der Waals surface area contributed by atoms with E-state index in [9.17, 15) is 9.59 Å². The largest absolute Gasteiger partial charge is 0.478 e. The van der Waals surface area contributed by atoms with Gasteiger partial charge in [-0.1, -0.05) is 12.1 Å². The molecule has 0 heterocycles. The molecule has 1 amide bonds. The third kappa shape index (κ3) is 2.75. The standard InChI is InChI=1S/C10H9NO3/c11-9(12)5-4-7-2-1-3-8(6-7)10(13)14/h1-6H,(H2,11,12)(H,13,14). The van der Waals surface area contributed by atoms with Gasteiger partial charge < -0.3 is 10.8 Å². The van der Waals surface area contributed by atoms with Crippen LogP contribution < -0.4 is 5.73 Å². The topological polar surface area (TPSA) is 80.4 Å². The first-order valence-corrected chi connectivity index (χ1v) is 3.90. The number of rotatable bonds is 3. The van der Waals surface area contributed by atoms with E-state index in [1.54, 1.807) is 12.1 Å². The number of carboxylic acids is 1. The smallest absolute Gasteiger partial charge is 0.335 e. The normalized spacial score (nSPS) is 10.3. The van der Waals surface area contributed by atoms with Crippen LogP contribution in [0.1, 0.15) is 15.9 Å². The van der Waals surface area contributed by atoms with Gasteiger partial charge in [0.2, 0.25) is 5.91 Å². The second kappa shape index (κ2) is 4.23. The quantitative estimate of drug-likeness (QED) is 0.696. The number of carbonyl (C=O) groups is 2. The molecule has 0 aliphatic carbocycles. The number of carbonyl (C=O) groups excluding carboxylic acids is 1. The van der Waals surface area contributed by atoms with Crippen molar-refractivity contribution in [2.24, 2.45) is 5.73 Å². The average molecular weight is 191 g/mol. The molecule has 0 aromatic heterocycles. The highest BCUT2D eigenvalue weighted by atomic mass is 16.4. The van der Waals surface area contributed by atoms with E-state index in [0.717, 1.165) is 0 Å². The van der Waals surface area contributed by atoms with E-state index in [1.165, 1.54) is 24.3 Å². The molecular weight excluding hydrogens is 182 g/mol. The summed E-state index contributed by atoms with van der Waals surface area (Å²) in [5, 5.41) is 8.67. The van der Waals surface area contributed by atoms with Gasteiger partial charge in [0.05, 0.1) is 5.56 Å². The molecule has 0 aliphatic heterocycles. The van der Waals surface area contributed by atoms with E-state index < -0.39 is 11.9 Å². The van der Waals surface area contributed by atoms with Gasteiger partial charge in [0, 0.05) is 6.08 Å². The van der Waals surface area contributed by atoms with Crippen molar-refractivity contribution in [3.05, 3.63) is 41.5 Å². The highest BCUT2D eigenvalue weighted by Gasteiger charge is 2.00. The van der Waals surface area contributed by atoms with Crippen LogP contribution in [0.25, 0.3) is 6.08 Å². The molecule has 0 saturated heterocycles. The highest BCUT2D eigenvalue weighted by molar-refractivity contribution is 5.91.